The summed E-state index contributed by atoms with van der Waals surface area (Å²) in [5.74, 6) is 1.67. The van der Waals surface area contributed by atoms with Crippen molar-refractivity contribution in [1.29, 1.82) is 0 Å². The number of nitrogens with zero attached hydrogens (tertiary/aromatic N) is 2. The molecule has 0 N–H and O–H groups in total. The van der Waals surface area contributed by atoms with Gasteiger partial charge in [-0.05, 0) is 74.2 Å². The first-order valence-corrected chi connectivity index (χ1v) is 14.4. The summed E-state index contributed by atoms with van der Waals surface area (Å²) in [6.07, 6.45) is 0.739. The van der Waals surface area contributed by atoms with E-state index in [1.807, 2.05) is 61.5 Å². The van der Waals surface area contributed by atoms with Gasteiger partial charge in [-0.2, -0.15) is 0 Å². The van der Waals surface area contributed by atoms with E-state index in [2.05, 4.69) is 4.98 Å². The molecule has 2 atom stereocenters. The fraction of sp³-hybridized carbons (Fsp3) is 0.324. The summed E-state index contributed by atoms with van der Waals surface area (Å²) >= 11 is 6.10. The van der Waals surface area contributed by atoms with Crippen LogP contribution in [0.25, 0.3) is 11.5 Å². The predicted molar refractivity (Wildman–Crippen MR) is 165 cm³/mol. The maximum Gasteiger partial charge on any atom is 0.415 e. The first-order chi connectivity index (χ1) is 20.4. The lowest BCUT2D eigenvalue weighted by atomic mass is 9.90. The summed E-state index contributed by atoms with van der Waals surface area (Å²) in [7, 11) is 0. The number of hydrogen-bond acceptors (Lipinski definition) is 7. The Labute approximate surface area is 257 Å². The van der Waals surface area contributed by atoms with Crippen LogP contribution in [0.3, 0.4) is 0 Å². The molecule has 0 unspecified atom stereocenters. The molecule has 1 amide bonds. The van der Waals surface area contributed by atoms with E-state index in [0.717, 1.165) is 28.3 Å². The molecule has 0 spiro atoms. The number of carbonyl (C=O) groups is 2. The molecule has 1 aromatic heterocycles. The summed E-state index contributed by atoms with van der Waals surface area (Å²) in [6.45, 7) is 5.06. The van der Waals surface area contributed by atoms with Crippen LogP contribution in [0.15, 0.2) is 83.3 Å². The van der Waals surface area contributed by atoms with E-state index >= 15 is 0 Å². The Hall–Kier alpha value is -4.30. The molecule has 0 bridgehead atoms. The van der Waals surface area contributed by atoms with Crippen LogP contribution < -0.4 is 9.47 Å². The van der Waals surface area contributed by atoms with Gasteiger partial charge in [0, 0.05) is 30.1 Å². The van der Waals surface area contributed by atoms with E-state index < -0.39 is 12.0 Å². The van der Waals surface area contributed by atoms with Gasteiger partial charge in [-0.1, -0.05) is 55.4 Å². The number of ether oxygens (including phenoxy) is 3. The quantitative estimate of drug-likeness (QED) is 0.174. The van der Waals surface area contributed by atoms with Crippen LogP contribution in [-0.2, 0) is 22.4 Å². The molecule has 43 heavy (non-hydrogen) atoms. The van der Waals surface area contributed by atoms with Crippen LogP contribution in [0.1, 0.15) is 31.4 Å². The number of para-hydroxylation sites is 1. The van der Waals surface area contributed by atoms with Crippen molar-refractivity contribution in [2.24, 2.45) is 11.8 Å². The number of hydrogen-bond donors (Lipinski definition) is 0. The van der Waals surface area contributed by atoms with Crippen molar-refractivity contribution < 1.29 is 28.2 Å². The minimum Gasteiger partial charge on any atom is -0.493 e. The lowest BCUT2D eigenvalue weighted by molar-refractivity contribution is -0.148. The number of carbonyl (C=O) groups excluding carboxylic acids is 2. The summed E-state index contributed by atoms with van der Waals surface area (Å²) in [5, 5.41) is 0.629. The van der Waals surface area contributed by atoms with Crippen LogP contribution in [-0.4, -0.2) is 48.2 Å². The molecule has 1 aliphatic rings. The van der Waals surface area contributed by atoms with Crippen molar-refractivity contribution in [3.8, 4) is 23.0 Å². The lowest BCUT2D eigenvalue weighted by Gasteiger charge is -2.17. The SMILES string of the molecule is C.CCOC(=O)[C@H]1CN(C(=O)Oc2ccccc2)C[C@H]1Cc1ccc(OCCc2nc(-c3cccc(Cl)c3)oc2C)cc1. The van der Waals surface area contributed by atoms with Gasteiger partial charge in [0.25, 0.3) is 0 Å². The second kappa shape index (κ2) is 14.7. The summed E-state index contributed by atoms with van der Waals surface area (Å²) in [4.78, 5) is 31.8. The highest BCUT2D eigenvalue weighted by Gasteiger charge is 2.41. The van der Waals surface area contributed by atoms with Crippen molar-refractivity contribution >= 4 is 23.7 Å². The summed E-state index contributed by atoms with van der Waals surface area (Å²) in [5.41, 5.74) is 2.71. The first-order valence-electron chi connectivity index (χ1n) is 14.0. The number of aromatic nitrogens is 1. The molecule has 9 heteroatoms. The molecule has 0 saturated carbocycles. The summed E-state index contributed by atoms with van der Waals surface area (Å²) in [6, 6.07) is 24.1. The zero-order valence-corrected chi connectivity index (χ0v) is 24.4. The van der Waals surface area contributed by atoms with Crippen LogP contribution in [0, 0.1) is 18.8 Å². The van der Waals surface area contributed by atoms with E-state index in [1.54, 1.807) is 36.1 Å². The molecule has 1 aliphatic heterocycles. The highest BCUT2D eigenvalue weighted by molar-refractivity contribution is 6.30. The molecule has 4 aromatic rings. The molecular weight excluding hydrogens is 568 g/mol. The van der Waals surface area contributed by atoms with E-state index in [9.17, 15) is 9.59 Å². The average Bonchev–Trinajstić information content (AvgIpc) is 3.58. The number of benzene rings is 3. The van der Waals surface area contributed by atoms with E-state index in [0.29, 0.717) is 49.3 Å². The monoisotopic (exact) mass is 604 g/mol. The Morgan fingerprint density at radius 1 is 1.00 bits per heavy atom. The van der Waals surface area contributed by atoms with Crippen LogP contribution in [0.2, 0.25) is 5.02 Å². The second-order valence-corrected chi connectivity index (χ2v) is 10.6. The Morgan fingerprint density at radius 3 is 2.49 bits per heavy atom. The van der Waals surface area contributed by atoms with Gasteiger partial charge in [0.1, 0.15) is 17.3 Å². The Morgan fingerprint density at radius 2 is 1.77 bits per heavy atom. The van der Waals surface area contributed by atoms with Crippen LogP contribution in [0.4, 0.5) is 4.79 Å². The van der Waals surface area contributed by atoms with Gasteiger partial charge in [-0.25, -0.2) is 9.78 Å². The molecule has 2 heterocycles. The fourth-order valence-corrected chi connectivity index (χ4v) is 5.28. The molecule has 0 radical (unpaired) electrons. The third-order valence-corrected chi connectivity index (χ3v) is 7.47. The number of rotatable bonds is 10. The Balaban J connectivity index is 0.00000423. The van der Waals surface area contributed by atoms with Gasteiger partial charge < -0.3 is 23.5 Å². The zero-order valence-electron chi connectivity index (χ0n) is 23.6. The van der Waals surface area contributed by atoms with Crippen LogP contribution in [0.5, 0.6) is 11.5 Å². The van der Waals surface area contributed by atoms with Gasteiger partial charge in [-0.15, -0.1) is 0 Å². The van der Waals surface area contributed by atoms with Crippen molar-refractivity contribution in [3.63, 3.8) is 0 Å². The second-order valence-electron chi connectivity index (χ2n) is 10.2. The molecular formula is C34H37ClN2O6. The largest absolute Gasteiger partial charge is 0.493 e. The average molecular weight is 605 g/mol. The van der Waals surface area contributed by atoms with Gasteiger partial charge in [-0.3, -0.25) is 4.79 Å². The molecule has 5 rings (SSSR count). The number of halogens is 1. The van der Waals surface area contributed by atoms with Crippen molar-refractivity contribution in [3.05, 3.63) is 101 Å². The van der Waals surface area contributed by atoms with E-state index in [4.69, 9.17) is 30.2 Å². The molecule has 226 valence electrons. The summed E-state index contributed by atoms with van der Waals surface area (Å²) < 4.78 is 22.6. The lowest BCUT2D eigenvalue weighted by Crippen LogP contribution is -2.32. The van der Waals surface area contributed by atoms with Crippen molar-refractivity contribution in [2.75, 3.05) is 26.3 Å². The molecule has 8 nitrogen and oxygen atoms in total. The zero-order chi connectivity index (χ0) is 29.5. The van der Waals surface area contributed by atoms with Gasteiger partial charge in [0.2, 0.25) is 5.89 Å². The van der Waals surface area contributed by atoms with Gasteiger partial charge >= 0.3 is 12.1 Å². The third kappa shape index (κ3) is 8.17. The molecule has 0 aliphatic carbocycles. The van der Waals surface area contributed by atoms with E-state index in [1.165, 1.54) is 0 Å². The Kier molecular flexibility index (Phi) is 10.8. The fourth-order valence-electron chi connectivity index (χ4n) is 5.09. The third-order valence-electron chi connectivity index (χ3n) is 7.23. The van der Waals surface area contributed by atoms with E-state index in [-0.39, 0.29) is 25.9 Å². The minimum absolute atomic E-state index is 0. The maximum absolute atomic E-state index is 12.8. The molecule has 3 aromatic carbocycles. The molecule has 1 fully saturated rings. The maximum atomic E-state index is 12.8. The van der Waals surface area contributed by atoms with Crippen molar-refractivity contribution in [2.45, 2.75) is 34.1 Å². The normalized spacial score (nSPS) is 15.9. The topological polar surface area (TPSA) is 91.1 Å². The highest BCUT2D eigenvalue weighted by Crippen LogP contribution is 2.30. The molecule has 1 saturated heterocycles. The van der Waals surface area contributed by atoms with Crippen molar-refractivity contribution in [1.82, 2.24) is 9.88 Å². The number of likely N-dealkylation sites (tertiary alicyclic amines) is 1. The Bertz CT molecular complexity index is 1510. The number of amides is 1. The van der Waals surface area contributed by atoms with Gasteiger partial charge in [0.15, 0.2) is 0 Å². The minimum atomic E-state index is -0.469. The predicted octanol–water partition coefficient (Wildman–Crippen LogP) is 7.41. The highest BCUT2D eigenvalue weighted by atomic mass is 35.5. The smallest absolute Gasteiger partial charge is 0.415 e. The number of aryl methyl sites for hydroxylation is 1. The number of oxazole rings is 1. The standard InChI is InChI=1S/C33H33ClN2O6.CH4/c1-3-39-32(37)29-21-36(33(38)42-28-10-5-4-6-11-28)20-25(29)18-23-12-14-27(15-13-23)40-17-16-30-22(2)41-31(35-30)24-8-7-9-26(34)19-24;/h4-15,19,25,29H,3,16-18,20-21H2,1-2H3;1H4/t25-,29+;/m1./s1. The van der Waals surface area contributed by atoms with Gasteiger partial charge in [0.05, 0.1) is 24.8 Å². The first kappa shape index (κ1) is 31.6. The number of esters is 1. The van der Waals surface area contributed by atoms with Crippen LogP contribution >= 0.6 is 11.6 Å².